The summed E-state index contributed by atoms with van der Waals surface area (Å²) in [6.45, 7) is 0. The van der Waals surface area contributed by atoms with Crippen molar-refractivity contribution in [2.75, 3.05) is 11.1 Å². The second-order valence-electron chi connectivity index (χ2n) is 3.70. The predicted octanol–water partition coefficient (Wildman–Crippen LogP) is 5.87. The van der Waals surface area contributed by atoms with Gasteiger partial charge in [-0.25, -0.2) is 4.39 Å². The summed E-state index contributed by atoms with van der Waals surface area (Å²) in [4.78, 5) is 0. The molecule has 0 aromatic heterocycles. The van der Waals surface area contributed by atoms with E-state index in [1.807, 2.05) is 0 Å². The molecular weight excluding hydrogens is 377 g/mol. The fourth-order valence-corrected chi connectivity index (χ4v) is 2.42. The monoisotopic (exact) mass is 382 g/mol. The third kappa shape index (κ3) is 3.08. The molecule has 3 N–H and O–H groups in total. The van der Waals surface area contributed by atoms with E-state index in [1.165, 1.54) is 6.07 Å². The van der Waals surface area contributed by atoms with E-state index >= 15 is 0 Å². The van der Waals surface area contributed by atoms with Crippen LogP contribution in [0.1, 0.15) is 0 Å². The Bertz CT molecular complexity index is 649. The number of hydrogen-bond acceptors (Lipinski definition) is 2. The van der Waals surface area contributed by atoms with Gasteiger partial charge in [-0.05, 0) is 34.1 Å². The van der Waals surface area contributed by atoms with Gasteiger partial charge in [0, 0.05) is 10.5 Å². The van der Waals surface area contributed by atoms with Gasteiger partial charge in [0.15, 0.2) is 0 Å². The predicted molar refractivity (Wildman–Crippen MR) is 83.3 cm³/mol. The summed E-state index contributed by atoms with van der Waals surface area (Å²) < 4.78 is 13.9. The van der Waals surface area contributed by atoms with E-state index in [1.54, 1.807) is 12.1 Å². The van der Waals surface area contributed by atoms with Crippen molar-refractivity contribution in [1.29, 1.82) is 0 Å². The Morgan fingerprint density at radius 3 is 2.42 bits per heavy atom. The van der Waals surface area contributed by atoms with Gasteiger partial charge in [0.2, 0.25) is 0 Å². The molecule has 0 saturated carbocycles. The maximum atomic E-state index is 13.2. The largest absolute Gasteiger partial charge is 0.397 e. The minimum Gasteiger partial charge on any atom is -0.397 e. The number of rotatable bonds is 2. The molecule has 0 aliphatic carbocycles. The topological polar surface area (TPSA) is 38.0 Å². The summed E-state index contributed by atoms with van der Waals surface area (Å²) in [5.74, 6) is -0.579. The highest BCUT2D eigenvalue weighted by Crippen LogP contribution is 2.38. The molecule has 0 saturated heterocycles. The van der Waals surface area contributed by atoms with Gasteiger partial charge in [0.25, 0.3) is 0 Å². The molecule has 7 heteroatoms. The Labute approximate surface area is 132 Å². The van der Waals surface area contributed by atoms with Gasteiger partial charge < -0.3 is 11.1 Å². The fraction of sp³-hybridized carbons (Fsp3) is 0. The van der Waals surface area contributed by atoms with Crippen LogP contribution in [0.15, 0.2) is 28.7 Å². The lowest BCUT2D eigenvalue weighted by atomic mass is 10.2. The molecule has 0 aliphatic rings. The van der Waals surface area contributed by atoms with Crippen molar-refractivity contribution in [2.24, 2.45) is 0 Å². The normalized spacial score (nSPS) is 10.6. The van der Waals surface area contributed by atoms with Crippen LogP contribution in [0.5, 0.6) is 0 Å². The molecule has 0 radical (unpaired) electrons. The molecule has 0 amide bonds. The maximum Gasteiger partial charge on any atom is 0.143 e. The average molecular weight is 384 g/mol. The van der Waals surface area contributed by atoms with Gasteiger partial charge in [-0.15, -0.1) is 0 Å². The van der Waals surface area contributed by atoms with Crippen LogP contribution in [-0.2, 0) is 0 Å². The Balaban J connectivity index is 2.42. The van der Waals surface area contributed by atoms with E-state index in [9.17, 15) is 4.39 Å². The number of anilines is 3. The van der Waals surface area contributed by atoms with Crippen molar-refractivity contribution < 1.29 is 4.39 Å². The van der Waals surface area contributed by atoms with Crippen LogP contribution >= 0.6 is 50.7 Å². The Kier molecular flexibility index (Phi) is 4.46. The zero-order valence-electron chi connectivity index (χ0n) is 9.28. The molecule has 2 nitrogen and oxygen atoms in total. The van der Waals surface area contributed by atoms with Gasteiger partial charge in [-0.2, -0.15) is 0 Å². The molecule has 2 rings (SSSR count). The first-order chi connectivity index (χ1) is 8.90. The van der Waals surface area contributed by atoms with Gasteiger partial charge >= 0.3 is 0 Å². The molecule has 0 fully saturated rings. The second-order valence-corrected chi connectivity index (χ2v) is 5.72. The standard InChI is InChI=1S/C12H7BrCl3FN2/c13-5-1-2-9(12(16)11(5)15)19-10-3-6(14)7(17)4-8(10)18/h1-4,19H,18H2. The summed E-state index contributed by atoms with van der Waals surface area (Å²) >= 11 is 21.1. The van der Waals surface area contributed by atoms with E-state index in [0.29, 0.717) is 25.9 Å². The zero-order chi connectivity index (χ0) is 14.2. The minimum atomic E-state index is -0.579. The van der Waals surface area contributed by atoms with E-state index in [0.717, 1.165) is 6.07 Å². The van der Waals surface area contributed by atoms with Gasteiger partial charge in [0.05, 0.1) is 32.1 Å². The third-order valence-corrected chi connectivity index (χ3v) is 4.46. The van der Waals surface area contributed by atoms with Crippen molar-refractivity contribution in [1.82, 2.24) is 0 Å². The Hall–Kier alpha value is -0.680. The highest BCUT2D eigenvalue weighted by Gasteiger charge is 2.11. The molecular formula is C12H7BrCl3FN2. The van der Waals surface area contributed by atoms with Crippen LogP contribution < -0.4 is 11.1 Å². The highest BCUT2D eigenvalue weighted by atomic mass is 79.9. The number of nitrogen functional groups attached to an aromatic ring is 1. The van der Waals surface area contributed by atoms with Crippen molar-refractivity contribution in [3.05, 3.63) is 49.6 Å². The number of benzene rings is 2. The Morgan fingerprint density at radius 1 is 1.05 bits per heavy atom. The fourth-order valence-electron chi connectivity index (χ4n) is 1.44. The van der Waals surface area contributed by atoms with E-state index in [4.69, 9.17) is 40.5 Å². The van der Waals surface area contributed by atoms with Crippen molar-refractivity contribution in [3.8, 4) is 0 Å². The lowest BCUT2D eigenvalue weighted by Gasteiger charge is -2.13. The lowest BCUT2D eigenvalue weighted by molar-refractivity contribution is 0.629. The molecule has 0 unspecified atom stereocenters. The smallest absolute Gasteiger partial charge is 0.143 e. The molecule has 0 heterocycles. The van der Waals surface area contributed by atoms with Crippen LogP contribution in [0.2, 0.25) is 15.1 Å². The molecule has 2 aromatic carbocycles. The number of halogens is 5. The second kappa shape index (κ2) is 5.75. The summed E-state index contributed by atoms with van der Waals surface area (Å²) in [5.41, 5.74) is 6.93. The number of nitrogens with two attached hydrogens (primary N) is 1. The van der Waals surface area contributed by atoms with Crippen LogP contribution in [0.3, 0.4) is 0 Å². The average Bonchev–Trinajstić information content (AvgIpc) is 2.36. The molecule has 19 heavy (non-hydrogen) atoms. The zero-order valence-corrected chi connectivity index (χ0v) is 13.1. The van der Waals surface area contributed by atoms with Crippen LogP contribution in [0.25, 0.3) is 0 Å². The van der Waals surface area contributed by atoms with Crippen molar-refractivity contribution in [2.45, 2.75) is 0 Å². The first kappa shape index (κ1) is 14.7. The molecule has 0 spiro atoms. The van der Waals surface area contributed by atoms with Crippen molar-refractivity contribution in [3.63, 3.8) is 0 Å². The van der Waals surface area contributed by atoms with E-state index < -0.39 is 5.82 Å². The highest BCUT2D eigenvalue weighted by molar-refractivity contribution is 9.10. The molecule has 100 valence electrons. The van der Waals surface area contributed by atoms with Gasteiger partial charge in [0.1, 0.15) is 5.82 Å². The first-order valence-corrected chi connectivity index (χ1v) is 6.98. The number of hydrogen-bond donors (Lipinski definition) is 2. The summed E-state index contributed by atoms with van der Waals surface area (Å²) in [7, 11) is 0. The lowest BCUT2D eigenvalue weighted by Crippen LogP contribution is -1.98. The van der Waals surface area contributed by atoms with E-state index in [-0.39, 0.29) is 10.7 Å². The summed E-state index contributed by atoms with van der Waals surface area (Å²) in [6, 6.07) is 5.98. The third-order valence-electron chi connectivity index (χ3n) is 2.40. The first-order valence-electron chi connectivity index (χ1n) is 5.05. The molecule has 0 atom stereocenters. The summed E-state index contributed by atoms with van der Waals surface area (Å²) in [5, 5.41) is 3.63. The van der Waals surface area contributed by atoms with Gasteiger partial charge in [-0.3, -0.25) is 0 Å². The molecule has 0 bridgehead atoms. The number of nitrogens with one attached hydrogen (secondary N) is 1. The van der Waals surface area contributed by atoms with Crippen molar-refractivity contribution >= 4 is 67.8 Å². The summed E-state index contributed by atoms with van der Waals surface area (Å²) in [6.07, 6.45) is 0. The van der Waals surface area contributed by atoms with Crippen LogP contribution in [0.4, 0.5) is 21.5 Å². The van der Waals surface area contributed by atoms with Crippen LogP contribution in [-0.4, -0.2) is 0 Å². The Morgan fingerprint density at radius 2 is 1.74 bits per heavy atom. The minimum absolute atomic E-state index is 0.0315. The molecule has 2 aromatic rings. The SMILES string of the molecule is Nc1cc(F)c(Cl)cc1Nc1ccc(Br)c(Cl)c1Cl. The maximum absolute atomic E-state index is 13.2. The quantitative estimate of drug-likeness (QED) is 0.502. The van der Waals surface area contributed by atoms with E-state index in [2.05, 4.69) is 21.2 Å². The van der Waals surface area contributed by atoms with Crippen LogP contribution in [0, 0.1) is 5.82 Å². The van der Waals surface area contributed by atoms with Gasteiger partial charge in [-0.1, -0.05) is 34.8 Å². The molecule has 0 aliphatic heterocycles.